The Hall–Kier alpha value is -2.16. The summed E-state index contributed by atoms with van der Waals surface area (Å²) in [6, 6.07) is 14.3. The minimum Gasteiger partial charge on any atom is -0.332 e. The zero-order chi connectivity index (χ0) is 14.9. The van der Waals surface area contributed by atoms with Gasteiger partial charge in [0.25, 0.3) is 0 Å². The van der Waals surface area contributed by atoms with Crippen molar-refractivity contribution in [1.82, 2.24) is 9.88 Å². The Morgan fingerprint density at radius 2 is 1.86 bits per heavy atom. The monoisotopic (exact) mass is 280 g/mol. The summed E-state index contributed by atoms with van der Waals surface area (Å²) in [7, 11) is 0. The Balaban J connectivity index is 1.78. The van der Waals surface area contributed by atoms with Crippen LogP contribution in [-0.4, -0.2) is 21.3 Å². The standard InChI is InChI=1S/C18H20N2O/c1-18(2)11-10-17(21)20(18)13-16-9-8-15(12-19-16)14-6-4-3-5-7-14/h3-9,12H,10-11,13H2,1-2H3. The summed E-state index contributed by atoms with van der Waals surface area (Å²) < 4.78 is 0. The fraction of sp³-hybridized carbons (Fsp3) is 0.333. The van der Waals surface area contributed by atoms with Gasteiger partial charge in [0.1, 0.15) is 0 Å². The summed E-state index contributed by atoms with van der Waals surface area (Å²) in [6.45, 7) is 4.84. The quantitative estimate of drug-likeness (QED) is 0.860. The summed E-state index contributed by atoms with van der Waals surface area (Å²) in [5, 5.41) is 0. The van der Waals surface area contributed by atoms with Gasteiger partial charge in [0, 0.05) is 23.7 Å². The molecule has 3 heteroatoms. The third kappa shape index (κ3) is 2.82. The second-order valence-corrected chi connectivity index (χ2v) is 6.20. The molecule has 2 aromatic rings. The first-order chi connectivity index (χ1) is 10.1. The maximum absolute atomic E-state index is 12.0. The minimum absolute atomic E-state index is 0.0587. The SMILES string of the molecule is CC1(C)CCC(=O)N1Cc1ccc(-c2ccccc2)cn1. The van der Waals surface area contributed by atoms with Gasteiger partial charge in [-0.25, -0.2) is 0 Å². The van der Waals surface area contributed by atoms with Gasteiger partial charge in [-0.15, -0.1) is 0 Å². The van der Waals surface area contributed by atoms with E-state index in [-0.39, 0.29) is 11.4 Å². The van der Waals surface area contributed by atoms with Gasteiger partial charge in [-0.05, 0) is 31.9 Å². The molecule has 21 heavy (non-hydrogen) atoms. The lowest BCUT2D eigenvalue weighted by atomic mass is 10.0. The number of hydrogen-bond donors (Lipinski definition) is 0. The van der Waals surface area contributed by atoms with Crippen molar-refractivity contribution in [2.24, 2.45) is 0 Å². The number of carbonyl (C=O) groups excluding carboxylic acids is 1. The average Bonchev–Trinajstić information content (AvgIpc) is 2.76. The van der Waals surface area contributed by atoms with E-state index in [2.05, 4.69) is 37.0 Å². The van der Waals surface area contributed by atoms with Gasteiger partial charge in [-0.3, -0.25) is 9.78 Å². The molecule has 1 fully saturated rings. The second-order valence-electron chi connectivity index (χ2n) is 6.20. The van der Waals surface area contributed by atoms with E-state index in [1.165, 1.54) is 0 Å². The maximum atomic E-state index is 12.0. The lowest BCUT2D eigenvalue weighted by molar-refractivity contribution is -0.131. The highest BCUT2D eigenvalue weighted by Gasteiger charge is 2.37. The van der Waals surface area contributed by atoms with Crippen LogP contribution in [0.5, 0.6) is 0 Å². The molecular formula is C18H20N2O. The molecule has 1 aliphatic rings. The predicted molar refractivity (Wildman–Crippen MR) is 83.5 cm³/mol. The summed E-state index contributed by atoms with van der Waals surface area (Å²) >= 11 is 0. The van der Waals surface area contributed by atoms with E-state index in [4.69, 9.17) is 0 Å². The predicted octanol–water partition coefficient (Wildman–Crippen LogP) is 3.65. The van der Waals surface area contributed by atoms with Crippen molar-refractivity contribution >= 4 is 5.91 Å². The third-order valence-corrected chi connectivity index (χ3v) is 4.23. The molecule has 1 aromatic heterocycles. The smallest absolute Gasteiger partial charge is 0.223 e. The first kappa shape index (κ1) is 13.8. The number of amides is 1. The Kier molecular flexibility index (Phi) is 3.50. The maximum Gasteiger partial charge on any atom is 0.223 e. The van der Waals surface area contributed by atoms with Gasteiger partial charge in [0.15, 0.2) is 0 Å². The van der Waals surface area contributed by atoms with Crippen molar-refractivity contribution < 1.29 is 4.79 Å². The van der Waals surface area contributed by atoms with Gasteiger partial charge in [-0.1, -0.05) is 36.4 Å². The fourth-order valence-corrected chi connectivity index (χ4v) is 2.80. The van der Waals surface area contributed by atoms with Crippen molar-refractivity contribution in [2.75, 3.05) is 0 Å². The van der Waals surface area contributed by atoms with Crippen LogP contribution in [0.15, 0.2) is 48.7 Å². The average molecular weight is 280 g/mol. The van der Waals surface area contributed by atoms with Crippen LogP contribution in [0, 0.1) is 0 Å². The van der Waals surface area contributed by atoms with Crippen LogP contribution in [0.1, 0.15) is 32.4 Å². The highest BCUT2D eigenvalue weighted by atomic mass is 16.2. The molecule has 1 aliphatic heterocycles. The van der Waals surface area contributed by atoms with Crippen LogP contribution < -0.4 is 0 Å². The number of benzene rings is 1. The number of likely N-dealkylation sites (tertiary alicyclic amines) is 1. The molecular weight excluding hydrogens is 260 g/mol. The van der Waals surface area contributed by atoms with Crippen molar-refractivity contribution in [1.29, 1.82) is 0 Å². The van der Waals surface area contributed by atoms with Crippen molar-refractivity contribution in [2.45, 2.75) is 38.8 Å². The van der Waals surface area contributed by atoms with Gasteiger partial charge in [-0.2, -0.15) is 0 Å². The third-order valence-electron chi connectivity index (χ3n) is 4.23. The summed E-state index contributed by atoms with van der Waals surface area (Å²) in [5.41, 5.74) is 3.15. The zero-order valence-corrected chi connectivity index (χ0v) is 12.5. The Bertz CT molecular complexity index is 632. The van der Waals surface area contributed by atoms with Gasteiger partial charge in [0.05, 0.1) is 12.2 Å². The molecule has 0 aliphatic carbocycles. The molecule has 0 radical (unpaired) electrons. The van der Waals surface area contributed by atoms with Gasteiger partial charge >= 0.3 is 0 Å². The number of hydrogen-bond acceptors (Lipinski definition) is 2. The van der Waals surface area contributed by atoms with E-state index < -0.39 is 0 Å². The largest absolute Gasteiger partial charge is 0.332 e. The van der Waals surface area contributed by atoms with E-state index in [0.717, 1.165) is 23.2 Å². The fourth-order valence-electron chi connectivity index (χ4n) is 2.80. The van der Waals surface area contributed by atoms with Crippen molar-refractivity contribution in [3.63, 3.8) is 0 Å². The van der Waals surface area contributed by atoms with Crippen LogP contribution in [0.25, 0.3) is 11.1 Å². The van der Waals surface area contributed by atoms with E-state index in [1.807, 2.05) is 35.4 Å². The van der Waals surface area contributed by atoms with Crippen molar-refractivity contribution in [3.05, 3.63) is 54.4 Å². The van der Waals surface area contributed by atoms with Crippen LogP contribution in [0.2, 0.25) is 0 Å². The Morgan fingerprint density at radius 3 is 2.43 bits per heavy atom. The number of nitrogens with zero attached hydrogens (tertiary/aromatic N) is 2. The second kappa shape index (κ2) is 5.32. The molecule has 0 bridgehead atoms. The molecule has 0 atom stereocenters. The first-order valence-corrected chi connectivity index (χ1v) is 7.37. The Morgan fingerprint density at radius 1 is 1.10 bits per heavy atom. The summed E-state index contributed by atoms with van der Waals surface area (Å²) in [6.07, 6.45) is 3.46. The molecule has 1 saturated heterocycles. The Labute approximate surface area is 125 Å². The molecule has 0 saturated carbocycles. The van der Waals surface area contributed by atoms with Crippen molar-refractivity contribution in [3.8, 4) is 11.1 Å². The van der Waals surface area contributed by atoms with Gasteiger partial charge in [0.2, 0.25) is 5.91 Å². The molecule has 0 spiro atoms. The van der Waals surface area contributed by atoms with Crippen LogP contribution >= 0.6 is 0 Å². The molecule has 1 aromatic carbocycles. The topological polar surface area (TPSA) is 33.2 Å². The molecule has 3 rings (SSSR count). The number of rotatable bonds is 3. The summed E-state index contributed by atoms with van der Waals surface area (Å²) in [5.74, 6) is 0.230. The lowest BCUT2D eigenvalue weighted by Gasteiger charge is -2.31. The van der Waals surface area contributed by atoms with Crippen LogP contribution in [0.4, 0.5) is 0 Å². The van der Waals surface area contributed by atoms with E-state index in [9.17, 15) is 4.79 Å². The molecule has 108 valence electrons. The molecule has 0 unspecified atom stereocenters. The number of carbonyl (C=O) groups is 1. The minimum atomic E-state index is -0.0587. The van der Waals surface area contributed by atoms with Gasteiger partial charge < -0.3 is 4.90 Å². The van der Waals surface area contributed by atoms with Crippen LogP contribution in [-0.2, 0) is 11.3 Å². The summed E-state index contributed by atoms with van der Waals surface area (Å²) in [4.78, 5) is 18.4. The van der Waals surface area contributed by atoms with Crippen LogP contribution in [0.3, 0.4) is 0 Å². The molecule has 2 heterocycles. The molecule has 3 nitrogen and oxygen atoms in total. The highest BCUT2D eigenvalue weighted by Crippen LogP contribution is 2.30. The normalized spacial score (nSPS) is 17.2. The molecule has 1 amide bonds. The number of aromatic nitrogens is 1. The number of pyridine rings is 1. The molecule has 0 N–H and O–H groups in total. The first-order valence-electron chi connectivity index (χ1n) is 7.37. The van der Waals surface area contributed by atoms with E-state index in [0.29, 0.717) is 13.0 Å². The van der Waals surface area contributed by atoms with E-state index >= 15 is 0 Å². The van der Waals surface area contributed by atoms with E-state index in [1.54, 1.807) is 0 Å². The lowest BCUT2D eigenvalue weighted by Crippen LogP contribution is -2.40. The highest BCUT2D eigenvalue weighted by molar-refractivity contribution is 5.79. The zero-order valence-electron chi connectivity index (χ0n) is 12.5.